The van der Waals surface area contributed by atoms with Gasteiger partial charge in [-0.15, -0.1) is 11.8 Å². The minimum absolute atomic E-state index is 0.251. The van der Waals surface area contributed by atoms with Crippen LogP contribution in [0.15, 0.2) is 45.8 Å². The molecule has 6 heteroatoms. The van der Waals surface area contributed by atoms with E-state index in [1.54, 1.807) is 36.4 Å². The van der Waals surface area contributed by atoms with Crippen molar-refractivity contribution in [3.63, 3.8) is 0 Å². The van der Waals surface area contributed by atoms with Gasteiger partial charge in [-0.1, -0.05) is 51.3 Å². The molecule has 0 heterocycles. The molecule has 20 heavy (non-hydrogen) atoms. The van der Waals surface area contributed by atoms with Gasteiger partial charge in [0.25, 0.3) is 0 Å². The van der Waals surface area contributed by atoms with E-state index in [1.165, 1.54) is 11.8 Å². The van der Waals surface area contributed by atoms with Crippen molar-refractivity contribution in [3.05, 3.63) is 62.0 Å². The zero-order chi connectivity index (χ0) is 14.7. The third-order valence-corrected chi connectivity index (χ3v) is 5.37. The summed E-state index contributed by atoms with van der Waals surface area (Å²) < 4.78 is 0.757. The summed E-state index contributed by atoms with van der Waals surface area (Å²) in [6, 6.07) is 10.3. The lowest BCUT2D eigenvalue weighted by molar-refractivity contribution is 0.0697. The van der Waals surface area contributed by atoms with Gasteiger partial charge >= 0.3 is 5.97 Å². The summed E-state index contributed by atoms with van der Waals surface area (Å²) in [7, 11) is 0. The molecule has 0 aromatic heterocycles. The van der Waals surface area contributed by atoms with Crippen molar-refractivity contribution in [2.24, 2.45) is 0 Å². The van der Waals surface area contributed by atoms with E-state index in [4.69, 9.17) is 28.3 Å². The van der Waals surface area contributed by atoms with Gasteiger partial charge in [0.05, 0.1) is 15.6 Å². The van der Waals surface area contributed by atoms with Crippen LogP contribution in [0.4, 0.5) is 0 Å². The number of rotatable bonds is 4. The molecule has 0 spiro atoms. The highest BCUT2D eigenvalue weighted by atomic mass is 79.9. The van der Waals surface area contributed by atoms with E-state index in [-0.39, 0.29) is 5.56 Å². The Kier molecular flexibility index (Phi) is 5.38. The Labute approximate surface area is 139 Å². The summed E-state index contributed by atoms with van der Waals surface area (Å²) in [6.45, 7) is 0. The number of thioether (sulfide) groups is 1. The van der Waals surface area contributed by atoms with Crippen molar-refractivity contribution >= 4 is 56.9 Å². The number of aromatic carboxylic acids is 1. The van der Waals surface area contributed by atoms with Crippen LogP contribution in [0.25, 0.3) is 0 Å². The lowest BCUT2D eigenvalue weighted by atomic mass is 10.1. The monoisotopic (exact) mass is 390 g/mol. The van der Waals surface area contributed by atoms with E-state index in [0.717, 1.165) is 14.9 Å². The maximum absolute atomic E-state index is 10.9. The van der Waals surface area contributed by atoms with Gasteiger partial charge in [0, 0.05) is 15.1 Å². The van der Waals surface area contributed by atoms with Crippen LogP contribution in [0.2, 0.25) is 10.0 Å². The molecule has 2 aromatic carbocycles. The molecule has 1 N–H and O–H groups in total. The molecule has 0 bridgehead atoms. The van der Waals surface area contributed by atoms with Gasteiger partial charge in [0.1, 0.15) is 0 Å². The Morgan fingerprint density at radius 3 is 2.40 bits per heavy atom. The van der Waals surface area contributed by atoms with Crippen LogP contribution in [0, 0.1) is 0 Å². The van der Waals surface area contributed by atoms with Crippen LogP contribution in [0.3, 0.4) is 0 Å². The average molecular weight is 392 g/mol. The first-order valence-corrected chi connectivity index (χ1v) is 8.11. The van der Waals surface area contributed by atoms with Crippen LogP contribution in [-0.2, 0) is 5.75 Å². The van der Waals surface area contributed by atoms with Crippen molar-refractivity contribution in [1.29, 1.82) is 0 Å². The van der Waals surface area contributed by atoms with Gasteiger partial charge in [-0.3, -0.25) is 0 Å². The largest absolute Gasteiger partial charge is 0.478 e. The summed E-state index contributed by atoms with van der Waals surface area (Å²) in [5, 5.41) is 10.1. The SMILES string of the molecule is O=C(O)c1ccc(CSc2c(Cl)cccc2Cl)c(Br)c1. The van der Waals surface area contributed by atoms with Crippen LogP contribution in [0.1, 0.15) is 15.9 Å². The summed E-state index contributed by atoms with van der Waals surface area (Å²) in [4.78, 5) is 11.7. The van der Waals surface area contributed by atoms with E-state index >= 15 is 0 Å². The second kappa shape index (κ2) is 6.85. The molecule has 0 atom stereocenters. The van der Waals surface area contributed by atoms with Crippen LogP contribution < -0.4 is 0 Å². The summed E-state index contributed by atoms with van der Waals surface area (Å²) in [5.74, 6) is -0.303. The second-order valence-corrected chi connectivity index (χ2v) is 6.61. The summed E-state index contributed by atoms with van der Waals surface area (Å²) in [5.41, 5.74) is 1.23. The van der Waals surface area contributed by atoms with E-state index in [2.05, 4.69) is 15.9 Å². The Morgan fingerprint density at radius 1 is 1.20 bits per heavy atom. The number of halogens is 3. The molecule has 0 aliphatic heterocycles. The van der Waals surface area contributed by atoms with Crippen LogP contribution >= 0.6 is 50.9 Å². The first-order chi connectivity index (χ1) is 9.49. The highest BCUT2D eigenvalue weighted by Gasteiger charge is 2.10. The third kappa shape index (κ3) is 3.70. The maximum Gasteiger partial charge on any atom is 0.335 e. The normalized spacial score (nSPS) is 10.6. The smallest absolute Gasteiger partial charge is 0.335 e. The first-order valence-electron chi connectivity index (χ1n) is 5.57. The van der Waals surface area contributed by atoms with Gasteiger partial charge in [0.15, 0.2) is 0 Å². The predicted octanol–water partition coefficient (Wildman–Crippen LogP) is 5.75. The Balaban J connectivity index is 2.17. The maximum atomic E-state index is 10.9. The van der Waals surface area contributed by atoms with E-state index in [1.807, 2.05) is 0 Å². The molecule has 0 aliphatic rings. The Morgan fingerprint density at radius 2 is 1.85 bits per heavy atom. The fourth-order valence-electron chi connectivity index (χ4n) is 1.57. The predicted molar refractivity (Wildman–Crippen MR) is 87.1 cm³/mol. The molecule has 0 unspecified atom stereocenters. The number of benzene rings is 2. The van der Waals surface area contributed by atoms with Gasteiger partial charge in [-0.25, -0.2) is 4.79 Å². The zero-order valence-corrected chi connectivity index (χ0v) is 14.0. The Hall–Kier alpha value is -0.680. The fourth-order valence-corrected chi connectivity index (χ4v) is 3.96. The van der Waals surface area contributed by atoms with Gasteiger partial charge in [0.2, 0.25) is 0 Å². The summed E-state index contributed by atoms with van der Waals surface area (Å²) >= 11 is 17.1. The van der Waals surface area contributed by atoms with E-state index < -0.39 is 5.97 Å². The minimum Gasteiger partial charge on any atom is -0.478 e. The Bertz CT molecular complexity index is 641. The van der Waals surface area contributed by atoms with Gasteiger partial charge in [-0.05, 0) is 29.8 Å². The second-order valence-electron chi connectivity index (χ2n) is 3.95. The molecule has 0 saturated heterocycles. The molecule has 2 aromatic rings. The highest BCUT2D eigenvalue weighted by Crippen LogP contribution is 2.36. The van der Waals surface area contributed by atoms with Gasteiger partial charge in [-0.2, -0.15) is 0 Å². The van der Waals surface area contributed by atoms with Crippen LogP contribution in [-0.4, -0.2) is 11.1 Å². The molecule has 0 saturated carbocycles. The fraction of sp³-hybridized carbons (Fsp3) is 0.0714. The van der Waals surface area contributed by atoms with Crippen molar-refractivity contribution in [1.82, 2.24) is 0 Å². The standard InChI is InChI=1S/C14H9BrCl2O2S/c15-10-6-8(14(18)19)4-5-9(10)7-20-13-11(16)2-1-3-12(13)17/h1-6H,7H2,(H,18,19). The van der Waals surface area contributed by atoms with E-state index in [9.17, 15) is 4.79 Å². The first kappa shape index (κ1) is 15.7. The highest BCUT2D eigenvalue weighted by molar-refractivity contribution is 9.10. The molecule has 0 amide bonds. The molecule has 2 nitrogen and oxygen atoms in total. The van der Waals surface area contributed by atoms with Gasteiger partial charge < -0.3 is 5.11 Å². The number of hydrogen-bond acceptors (Lipinski definition) is 2. The molecule has 2 rings (SSSR count). The third-order valence-electron chi connectivity index (χ3n) is 2.59. The van der Waals surface area contributed by atoms with Crippen molar-refractivity contribution in [3.8, 4) is 0 Å². The van der Waals surface area contributed by atoms with E-state index in [0.29, 0.717) is 15.8 Å². The number of hydrogen-bond donors (Lipinski definition) is 1. The number of carboxylic acid groups (broad SMARTS) is 1. The number of carbonyl (C=O) groups is 1. The molecule has 0 aliphatic carbocycles. The van der Waals surface area contributed by atoms with Crippen LogP contribution in [0.5, 0.6) is 0 Å². The molecule has 0 fully saturated rings. The lowest BCUT2D eigenvalue weighted by Gasteiger charge is -2.08. The molecular formula is C14H9BrCl2O2S. The lowest BCUT2D eigenvalue weighted by Crippen LogP contribution is -1.96. The minimum atomic E-state index is -0.945. The molecule has 0 radical (unpaired) electrons. The zero-order valence-electron chi connectivity index (χ0n) is 10.1. The molecular weight excluding hydrogens is 383 g/mol. The quantitative estimate of drug-likeness (QED) is 0.674. The average Bonchev–Trinajstić information content (AvgIpc) is 2.39. The number of carboxylic acids is 1. The summed E-state index contributed by atoms with van der Waals surface area (Å²) in [6.07, 6.45) is 0. The van der Waals surface area contributed by atoms with Crippen molar-refractivity contribution in [2.75, 3.05) is 0 Å². The van der Waals surface area contributed by atoms with Crippen molar-refractivity contribution < 1.29 is 9.90 Å². The van der Waals surface area contributed by atoms with Crippen molar-refractivity contribution in [2.45, 2.75) is 10.6 Å². The topological polar surface area (TPSA) is 37.3 Å². The molecule has 104 valence electrons.